The van der Waals surface area contributed by atoms with E-state index in [0.717, 1.165) is 6.42 Å². The van der Waals surface area contributed by atoms with E-state index >= 15 is 0 Å². The van der Waals surface area contributed by atoms with Crippen LogP contribution in [0, 0.1) is 5.92 Å². The van der Waals surface area contributed by atoms with Crippen LogP contribution < -0.4 is 5.32 Å². The van der Waals surface area contributed by atoms with Crippen LogP contribution in [-0.4, -0.2) is 40.7 Å². The van der Waals surface area contributed by atoms with Gasteiger partial charge in [-0.3, -0.25) is 4.79 Å². The molecule has 0 spiro atoms. The van der Waals surface area contributed by atoms with Crippen molar-refractivity contribution >= 4 is 5.91 Å². The summed E-state index contributed by atoms with van der Waals surface area (Å²) >= 11 is 0. The molecular weight excluding hydrogens is 198 g/mol. The first-order valence-electron chi connectivity index (χ1n) is 5.26. The van der Waals surface area contributed by atoms with Gasteiger partial charge >= 0.3 is 0 Å². The van der Waals surface area contributed by atoms with Gasteiger partial charge in [-0.1, -0.05) is 13.8 Å². The second-order valence-electron chi connectivity index (χ2n) is 4.05. The predicted molar refractivity (Wildman–Crippen MR) is 53.9 cm³/mol. The van der Waals surface area contributed by atoms with E-state index in [2.05, 4.69) is 5.32 Å². The maximum atomic E-state index is 10.9. The van der Waals surface area contributed by atoms with Gasteiger partial charge in [0.25, 0.3) is 0 Å². The minimum Gasteiger partial charge on any atom is -0.390 e. The molecule has 0 aromatic rings. The Morgan fingerprint density at radius 2 is 2.07 bits per heavy atom. The third-order valence-electron chi connectivity index (χ3n) is 2.89. The van der Waals surface area contributed by atoms with Crippen molar-refractivity contribution in [2.75, 3.05) is 0 Å². The van der Waals surface area contributed by atoms with Crippen molar-refractivity contribution in [1.29, 1.82) is 0 Å². The number of aliphatic hydroxyl groups excluding tert-OH is 2. The molecule has 0 bridgehead atoms. The molecule has 1 saturated heterocycles. The molecule has 0 radical (unpaired) electrons. The summed E-state index contributed by atoms with van der Waals surface area (Å²) in [5.41, 5.74) is 0. The quantitative estimate of drug-likeness (QED) is 0.589. The molecule has 1 rings (SSSR count). The Kier molecular flexibility index (Phi) is 4.07. The molecule has 1 amide bonds. The van der Waals surface area contributed by atoms with Crippen LogP contribution in [0.1, 0.15) is 27.2 Å². The molecule has 5 atom stereocenters. The number of amides is 1. The molecule has 5 nitrogen and oxygen atoms in total. The fraction of sp³-hybridized carbons (Fsp3) is 0.900. The Balaban J connectivity index is 2.70. The number of rotatable bonds is 2. The summed E-state index contributed by atoms with van der Waals surface area (Å²) in [7, 11) is 0. The molecule has 1 heterocycles. The number of nitrogens with one attached hydrogen (secondary N) is 1. The molecule has 5 heteroatoms. The van der Waals surface area contributed by atoms with E-state index < -0.39 is 18.4 Å². The number of carbonyl (C=O) groups is 1. The molecule has 15 heavy (non-hydrogen) atoms. The van der Waals surface area contributed by atoms with Crippen LogP contribution in [0.2, 0.25) is 0 Å². The number of hydrogen-bond acceptors (Lipinski definition) is 4. The fourth-order valence-corrected chi connectivity index (χ4v) is 1.96. The van der Waals surface area contributed by atoms with Gasteiger partial charge in [0.1, 0.15) is 6.04 Å². The van der Waals surface area contributed by atoms with Gasteiger partial charge in [-0.05, 0) is 6.42 Å². The van der Waals surface area contributed by atoms with Crippen molar-refractivity contribution in [3.8, 4) is 0 Å². The zero-order chi connectivity index (χ0) is 11.6. The first-order chi connectivity index (χ1) is 6.97. The van der Waals surface area contributed by atoms with Gasteiger partial charge in [0.05, 0.1) is 12.2 Å². The highest BCUT2D eigenvalue weighted by Gasteiger charge is 2.41. The van der Waals surface area contributed by atoms with Crippen LogP contribution in [0.3, 0.4) is 0 Å². The highest BCUT2D eigenvalue weighted by atomic mass is 16.6. The van der Waals surface area contributed by atoms with E-state index in [4.69, 9.17) is 4.74 Å². The lowest BCUT2D eigenvalue weighted by Gasteiger charge is -2.41. The standard InChI is InChI=1S/C10H19NO4/c1-4-7-5(2)9(13)8(10(14)15-7)11-6(3)12/h5,7-10,13-14H,4H2,1-3H3,(H,11,12). The van der Waals surface area contributed by atoms with Crippen molar-refractivity contribution in [2.45, 2.75) is 51.7 Å². The van der Waals surface area contributed by atoms with Crippen LogP contribution in [0.5, 0.6) is 0 Å². The predicted octanol–water partition coefficient (Wildman–Crippen LogP) is -0.385. The van der Waals surface area contributed by atoms with Crippen molar-refractivity contribution in [2.24, 2.45) is 5.92 Å². The van der Waals surface area contributed by atoms with Crippen LogP contribution in [-0.2, 0) is 9.53 Å². The van der Waals surface area contributed by atoms with Crippen molar-refractivity contribution in [3.05, 3.63) is 0 Å². The average Bonchev–Trinajstić information content (AvgIpc) is 2.18. The summed E-state index contributed by atoms with van der Waals surface area (Å²) in [6.07, 6.45) is -1.35. The van der Waals surface area contributed by atoms with Gasteiger partial charge in [-0.25, -0.2) is 0 Å². The minimum absolute atomic E-state index is 0.102. The lowest BCUT2D eigenvalue weighted by Crippen LogP contribution is -2.60. The minimum atomic E-state index is -1.13. The maximum Gasteiger partial charge on any atom is 0.217 e. The van der Waals surface area contributed by atoms with Crippen molar-refractivity contribution in [1.82, 2.24) is 5.32 Å². The molecule has 1 fully saturated rings. The van der Waals surface area contributed by atoms with Crippen molar-refractivity contribution in [3.63, 3.8) is 0 Å². The molecule has 5 unspecified atom stereocenters. The van der Waals surface area contributed by atoms with E-state index in [1.54, 1.807) is 0 Å². The number of hydrogen-bond donors (Lipinski definition) is 3. The smallest absolute Gasteiger partial charge is 0.217 e. The van der Waals surface area contributed by atoms with Gasteiger partial charge in [0.2, 0.25) is 5.91 Å². The zero-order valence-electron chi connectivity index (χ0n) is 9.30. The number of aliphatic hydroxyl groups is 2. The van der Waals surface area contributed by atoms with E-state index in [1.807, 2.05) is 13.8 Å². The van der Waals surface area contributed by atoms with E-state index in [0.29, 0.717) is 0 Å². The normalized spacial score (nSPS) is 41.3. The monoisotopic (exact) mass is 217 g/mol. The lowest BCUT2D eigenvalue weighted by molar-refractivity contribution is -0.228. The third-order valence-corrected chi connectivity index (χ3v) is 2.89. The van der Waals surface area contributed by atoms with E-state index in [1.165, 1.54) is 6.92 Å². The highest BCUT2D eigenvalue weighted by molar-refractivity contribution is 5.73. The summed E-state index contributed by atoms with van der Waals surface area (Å²) in [6.45, 7) is 5.12. The Labute approximate surface area is 89.4 Å². The molecule has 1 aliphatic heterocycles. The Bertz CT molecular complexity index is 233. The van der Waals surface area contributed by atoms with Gasteiger partial charge in [-0.15, -0.1) is 0 Å². The summed E-state index contributed by atoms with van der Waals surface area (Å²) in [6, 6.07) is -0.736. The summed E-state index contributed by atoms with van der Waals surface area (Å²) < 4.78 is 5.31. The molecule has 3 N–H and O–H groups in total. The summed E-state index contributed by atoms with van der Waals surface area (Å²) in [4.78, 5) is 10.9. The Morgan fingerprint density at radius 3 is 2.53 bits per heavy atom. The van der Waals surface area contributed by atoms with E-state index in [-0.39, 0.29) is 17.9 Å². The second kappa shape index (κ2) is 4.92. The first kappa shape index (κ1) is 12.4. The number of carbonyl (C=O) groups excluding carboxylic acids is 1. The van der Waals surface area contributed by atoms with Crippen LogP contribution >= 0.6 is 0 Å². The second-order valence-corrected chi connectivity index (χ2v) is 4.05. The highest BCUT2D eigenvalue weighted by Crippen LogP contribution is 2.26. The van der Waals surface area contributed by atoms with Gasteiger partial charge in [0, 0.05) is 12.8 Å². The SMILES string of the molecule is CCC1OC(O)C(NC(C)=O)C(O)C1C. The van der Waals surface area contributed by atoms with E-state index in [9.17, 15) is 15.0 Å². The first-order valence-corrected chi connectivity index (χ1v) is 5.26. The topological polar surface area (TPSA) is 78.8 Å². The molecule has 88 valence electrons. The maximum absolute atomic E-state index is 10.9. The third kappa shape index (κ3) is 2.68. The molecule has 0 aliphatic carbocycles. The van der Waals surface area contributed by atoms with Gasteiger partial charge in [0.15, 0.2) is 6.29 Å². The van der Waals surface area contributed by atoms with Gasteiger partial charge < -0.3 is 20.3 Å². The Morgan fingerprint density at radius 1 is 1.47 bits per heavy atom. The molecule has 0 aromatic heterocycles. The van der Waals surface area contributed by atoms with Crippen molar-refractivity contribution < 1.29 is 19.7 Å². The molecule has 0 saturated carbocycles. The fourth-order valence-electron chi connectivity index (χ4n) is 1.96. The summed E-state index contributed by atoms with van der Waals surface area (Å²) in [5.74, 6) is -0.390. The van der Waals surface area contributed by atoms with Gasteiger partial charge in [-0.2, -0.15) is 0 Å². The lowest BCUT2D eigenvalue weighted by atomic mass is 9.88. The number of ether oxygens (including phenoxy) is 1. The van der Waals surface area contributed by atoms with Crippen LogP contribution in [0.25, 0.3) is 0 Å². The molecule has 0 aromatic carbocycles. The summed E-state index contributed by atoms with van der Waals surface area (Å²) in [5, 5.41) is 22.0. The molecule has 1 aliphatic rings. The van der Waals surface area contributed by atoms with Crippen LogP contribution in [0.4, 0.5) is 0 Å². The Hall–Kier alpha value is -0.650. The van der Waals surface area contributed by atoms with Crippen LogP contribution in [0.15, 0.2) is 0 Å². The zero-order valence-corrected chi connectivity index (χ0v) is 9.30. The molecular formula is C10H19NO4. The largest absolute Gasteiger partial charge is 0.390 e. The average molecular weight is 217 g/mol.